The second-order valence-electron chi connectivity index (χ2n) is 10.1. The van der Waals surface area contributed by atoms with Crippen LogP contribution in [-0.4, -0.2) is 72.9 Å². The number of rotatable bonds is 9. The van der Waals surface area contributed by atoms with E-state index in [9.17, 15) is 30.3 Å². The van der Waals surface area contributed by atoms with Crippen molar-refractivity contribution in [1.29, 1.82) is 0 Å². The number of carbonyl (C=O) groups is 1. The minimum absolute atomic E-state index is 0.0647. The summed E-state index contributed by atoms with van der Waals surface area (Å²) in [5.41, 5.74) is 0.611. The number of phenolic OH excluding ortho intramolecular Hbond substituents is 1. The zero-order chi connectivity index (χ0) is 24.6. The first-order valence-electron chi connectivity index (χ1n) is 11.6. The number of fused-ring (bicyclic) bond motifs is 3. The van der Waals surface area contributed by atoms with Crippen LogP contribution in [0.15, 0.2) is 17.7 Å². The molecular weight excluding hydrogens is 426 g/mol. The predicted molar refractivity (Wildman–Crippen MR) is 123 cm³/mol. The fourth-order valence-corrected chi connectivity index (χ4v) is 4.49. The molecule has 0 aromatic heterocycles. The molecule has 1 amide bonds. The molecule has 0 saturated heterocycles. The van der Waals surface area contributed by atoms with E-state index in [0.29, 0.717) is 54.7 Å². The van der Waals surface area contributed by atoms with Crippen molar-refractivity contribution in [3.63, 3.8) is 0 Å². The molecule has 2 aliphatic rings. The van der Waals surface area contributed by atoms with Gasteiger partial charge in [0.2, 0.25) is 0 Å². The summed E-state index contributed by atoms with van der Waals surface area (Å²) in [7, 11) is 0. The van der Waals surface area contributed by atoms with E-state index < -0.39 is 23.4 Å². The van der Waals surface area contributed by atoms with Crippen molar-refractivity contribution in [2.75, 3.05) is 13.2 Å². The van der Waals surface area contributed by atoms with Crippen molar-refractivity contribution in [3.05, 3.63) is 34.4 Å². The van der Waals surface area contributed by atoms with Gasteiger partial charge in [0, 0.05) is 24.1 Å². The molecule has 2 heterocycles. The standard InChI is InChI=1S/C25H37NO7/c1-15(7-8-20(29)24(2,3)32)6-5-9-25(4)21(30)13-17-19(28)12-16-18(22(17)33-25)14-26(10-11-27)23(16)31/h6,12,20-21,27-30,32H,5,7-11,13-14H2,1-4H3/b15-6+/t20?,21-,25-/m0/s1. The Kier molecular flexibility index (Phi) is 7.43. The molecular formula is C25H37NO7. The maximum Gasteiger partial charge on any atom is 0.254 e. The Labute approximate surface area is 195 Å². The van der Waals surface area contributed by atoms with Crippen molar-refractivity contribution >= 4 is 5.91 Å². The van der Waals surface area contributed by atoms with Gasteiger partial charge >= 0.3 is 0 Å². The zero-order valence-corrected chi connectivity index (χ0v) is 20.0. The van der Waals surface area contributed by atoms with Crippen LogP contribution in [0, 0.1) is 0 Å². The van der Waals surface area contributed by atoms with E-state index in [1.807, 2.05) is 19.9 Å². The van der Waals surface area contributed by atoms with Gasteiger partial charge in [-0.3, -0.25) is 4.79 Å². The molecule has 5 N–H and O–H groups in total. The van der Waals surface area contributed by atoms with Crippen molar-refractivity contribution in [3.8, 4) is 11.5 Å². The number of hydrogen-bond acceptors (Lipinski definition) is 7. The molecule has 0 radical (unpaired) electrons. The number of benzene rings is 1. The molecule has 1 aromatic rings. The van der Waals surface area contributed by atoms with Gasteiger partial charge in [-0.2, -0.15) is 0 Å². The topological polar surface area (TPSA) is 131 Å². The number of hydrogen-bond donors (Lipinski definition) is 5. The van der Waals surface area contributed by atoms with Gasteiger partial charge in [-0.1, -0.05) is 11.6 Å². The first-order chi connectivity index (χ1) is 15.4. The normalized spacial score (nSPS) is 23.9. The minimum atomic E-state index is -1.14. The molecule has 0 fully saturated rings. The van der Waals surface area contributed by atoms with E-state index in [2.05, 4.69) is 0 Å². The number of amides is 1. The average Bonchev–Trinajstić information content (AvgIpc) is 3.03. The van der Waals surface area contributed by atoms with Crippen molar-refractivity contribution < 1.29 is 35.1 Å². The molecule has 2 aliphatic heterocycles. The fraction of sp³-hybridized carbons (Fsp3) is 0.640. The number of aromatic hydroxyl groups is 1. The van der Waals surface area contributed by atoms with Crippen molar-refractivity contribution in [2.45, 2.75) is 89.8 Å². The van der Waals surface area contributed by atoms with Gasteiger partial charge in [0.25, 0.3) is 5.91 Å². The lowest BCUT2D eigenvalue weighted by atomic mass is 9.84. The van der Waals surface area contributed by atoms with Gasteiger partial charge in [0.1, 0.15) is 17.1 Å². The first kappa shape index (κ1) is 25.5. The Morgan fingerprint density at radius 1 is 1.39 bits per heavy atom. The van der Waals surface area contributed by atoms with Gasteiger partial charge in [0.15, 0.2) is 0 Å². The minimum Gasteiger partial charge on any atom is -0.508 e. The van der Waals surface area contributed by atoms with E-state index in [0.717, 1.165) is 5.57 Å². The van der Waals surface area contributed by atoms with Gasteiger partial charge in [-0.25, -0.2) is 0 Å². The second kappa shape index (κ2) is 9.62. The fourth-order valence-electron chi connectivity index (χ4n) is 4.49. The molecule has 1 aromatic carbocycles. The second-order valence-corrected chi connectivity index (χ2v) is 10.1. The Morgan fingerprint density at radius 2 is 2.09 bits per heavy atom. The van der Waals surface area contributed by atoms with Crippen LogP contribution in [0.1, 0.15) is 74.9 Å². The molecule has 0 saturated carbocycles. The number of carbonyl (C=O) groups excluding carboxylic acids is 1. The third-order valence-corrected chi connectivity index (χ3v) is 6.90. The molecule has 3 atom stereocenters. The van der Waals surface area contributed by atoms with E-state index in [1.54, 1.807) is 13.8 Å². The smallest absolute Gasteiger partial charge is 0.254 e. The first-order valence-corrected chi connectivity index (χ1v) is 11.6. The lowest BCUT2D eigenvalue weighted by Gasteiger charge is -2.40. The summed E-state index contributed by atoms with van der Waals surface area (Å²) in [6.45, 7) is 7.33. The van der Waals surface area contributed by atoms with Crippen LogP contribution in [-0.2, 0) is 13.0 Å². The van der Waals surface area contributed by atoms with Crippen LogP contribution in [0.3, 0.4) is 0 Å². The Balaban J connectivity index is 1.72. The van der Waals surface area contributed by atoms with E-state index in [-0.39, 0.29) is 31.2 Å². The van der Waals surface area contributed by atoms with Crippen molar-refractivity contribution in [1.82, 2.24) is 4.90 Å². The maximum absolute atomic E-state index is 12.6. The number of nitrogens with zero attached hydrogens (tertiary/aromatic N) is 1. The highest BCUT2D eigenvalue weighted by atomic mass is 16.5. The SMILES string of the molecule is C/C(=C\CC[C@]1(C)Oc2c(c(O)cc3c2CN(CCO)C3=O)C[C@@H]1O)CCC(O)C(C)(C)O. The number of phenols is 1. The van der Waals surface area contributed by atoms with E-state index >= 15 is 0 Å². The third kappa shape index (κ3) is 5.35. The van der Waals surface area contributed by atoms with Gasteiger partial charge in [-0.05, 0) is 59.4 Å². The lowest BCUT2D eigenvalue weighted by Crippen LogP contribution is -2.49. The van der Waals surface area contributed by atoms with Crippen LogP contribution in [0.5, 0.6) is 11.5 Å². The number of aliphatic hydroxyl groups is 4. The van der Waals surface area contributed by atoms with Gasteiger partial charge < -0.3 is 35.2 Å². The molecule has 0 aliphatic carbocycles. The highest BCUT2D eigenvalue weighted by Gasteiger charge is 2.44. The predicted octanol–water partition coefficient (Wildman–Crippen LogP) is 2.03. The highest BCUT2D eigenvalue weighted by Crippen LogP contribution is 2.46. The summed E-state index contributed by atoms with van der Waals surface area (Å²) in [6, 6.07) is 1.43. The molecule has 1 unspecified atom stereocenters. The third-order valence-electron chi connectivity index (χ3n) is 6.90. The van der Waals surface area contributed by atoms with Gasteiger partial charge in [-0.15, -0.1) is 0 Å². The van der Waals surface area contributed by atoms with E-state index in [1.165, 1.54) is 11.0 Å². The summed E-state index contributed by atoms with van der Waals surface area (Å²) in [6.07, 6.45) is 2.92. The molecule has 0 bridgehead atoms. The number of ether oxygens (including phenoxy) is 1. The van der Waals surface area contributed by atoms with Crippen molar-refractivity contribution in [2.24, 2.45) is 0 Å². The Bertz CT molecular complexity index is 920. The molecule has 0 spiro atoms. The monoisotopic (exact) mass is 463 g/mol. The summed E-state index contributed by atoms with van der Waals surface area (Å²) >= 11 is 0. The molecule has 8 heteroatoms. The zero-order valence-electron chi connectivity index (χ0n) is 20.0. The van der Waals surface area contributed by atoms with Crippen LogP contribution < -0.4 is 4.74 Å². The Morgan fingerprint density at radius 3 is 2.73 bits per heavy atom. The number of aliphatic hydroxyl groups excluding tert-OH is 3. The maximum atomic E-state index is 12.6. The summed E-state index contributed by atoms with van der Waals surface area (Å²) < 4.78 is 6.30. The molecule has 184 valence electrons. The Hall–Kier alpha value is -2.13. The lowest BCUT2D eigenvalue weighted by molar-refractivity contribution is -0.0599. The summed E-state index contributed by atoms with van der Waals surface area (Å²) in [5, 5.41) is 50.5. The van der Waals surface area contributed by atoms with Crippen LogP contribution in [0.25, 0.3) is 0 Å². The van der Waals surface area contributed by atoms with Crippen LogP contribution in [0.4, 0.5) is 0 Å². The highest BCUT2D eigenvalue weighted by molar-refractivity contribution is 6.00. The average molecular weight is 464 g/mol. The molecule has 8 nitrogen and oxygen atoms in total. The summed E-state index contributed by atoms with van der Waals surface area (Å²) in [4.78, 5) is 14.1. The molecule has 33 heavy (non-hydrogen) atoms. The quantitative estimate of drug-likeness (QED) is 0.354. The van der Waals surface area contributed by atoms with Crippen LogP contribution in [0.2, 0.25) is 0 Å². The van der Waals surface area contributed by atoms with Crippen LogP contribution >= 0.6 is 0 Å². The van der Waals surface area contributed by atoms with E-state index in [4.69, 9.17) is 4.74 Å². The molecule has 3 rings (SSSR count). The summed E-state index contributed by atoms with van der Waals surface area (Å²) in [5.74, 6) is 0.145. The largest absolute Gasteiger partial charge is 0.508 e. The number of β-amino-alcohol motifs (C(OH)–C–C–N with tert-alkyl or cyclic N) is 1. The number of allylic oxidation sites excluding steroid dienone is 2. The van der Waals surface area contributed by atoms with Gasteiger partial charge in [0.05, 0.1) is 36.5 Å².